The van der Waals surface area contributed by atoms with Crippen molar-refractivity contribution in [3.63, 3.8) is 0 Å². The summed E-state index contributed by atoms with van der Waals surface area (Å²) in [5.74, 6) is 1.62. The van der Waals surface area contributed by atoms with Gasteiger partial charge in [-0.15, -0.1) is 0 Å². The molecular weight excluding hydrogens is 426 g/mol. The van der Waals surface area contributed by atoms with E-state index in [-0.39, 0.29) is 29.2 Å². The van der Waals surface area contributed by atoms with Crippen LogP contribution in [0.2, 0.25) is 0 Å². The zero-order chi connectivity index (χ0) is 23.5. The van der Waals surface area contributed by atoms with Gasteiger partial charge in [0.15, 0.2) is 17.2 Å². The molecule has 0 spiro atoms. The fourth-order valence-electron chi connectivity index (χ4n) is 4.58. The van der Waals surface area contributed by atoms with E-state index < -0.39 is 0 Å². The van der Waals surface area contributed by atoms with Gasteiger partial charge < -0.3 is 29.0 Å². The Morgan fingerprint density at radius 1 is 1.03 bits per heavy atom. The molecule has 2 aromatic carbocycles. The molecule has 1 heterocycles. The summed E-state index contributed by atoms with van der Waals surface area (Å²) in [5, 5.41) is 3.00. The summed E-state index contributed by atoms with van der Waals surface area (Å²) >= 11 is 0. The summed E-state index contributed by atoms with van der Waals surface area (Å²) in [5.41, 5.74) is 3.01. The minimum atomic E-state index is -0.352. The number of ether oxygens (including phenoxy) is 5. The van der Waals surface area contributed by atoms with Crippen LogP contribution in [-0.2, 0) is 16.0 Å². The second-order valence-corrected chi connectivity index (χ2v) is 8.15. The summed E-state index contributed by atoms with van der Waals surface area (Å²) in [6.45, 7) is 2.55. The third-order valence-corrected chi connectivity index (χ3v) is 6.06. The smallest absolute Gasteiger partial charge is 0.220 e. The summed E-state index contributed by atoms with van der Waals surface area (Å²) in [6.07, 6.45) is 1.83. The van der Waals surface area contributed by atoms with Crippen LogP contribution in [0.15, 0.2) is 29.1 Å². The monoisotopic (exact) mass is 455 g/mol. The van der Waals surface area contributed by atoms with Crippen molar-refractivity contribution in [2.45, 2.75) is 38.3 Å². The quantitative estimate of drug-likeness (QED) is 0.716. The first-order chi connectivity index (χ1) is 16.0. The standard InChI is InChI=1S/C25H29NO7/c1-14(27)26-19-7-5-15-11-22(29-2)24(30-3)25(31-4)23(15)17-6-8-21(20(28)12-18(17)19)33-16-9-10-32-13-16/h6,8,11-12,16,19H,5,7,9-10,13H2,1-4H3,(H,26,27). The van der Waals surface area contributed by atoms with E-state index in [1.807, 2.05) is 12.1 Å². The van der Waals surface area contributed by atoms with Crippen molar-refractivity contribution in [3.05, 3.63) is 45.6 Å². The average molecular weight is 456 g/mol. The number of aryl methyl sites for hydroxylation is 1. The highest BCUT2D eigenvalue weighted by Crippen LogP contribution is 2.50. The molecule has 2 aliphatic rings. The maximum atomic E-state index is 13.2. The molecule has 1 amide bonds. The molecule has 8 nitrogen and oxygen atoms in total. The number of nitrogens with one attached hydrogen (secondary N) is 1. The van der Waals surface area contributed by atoms with Crippen LogP contribution in [0.25, 0.3) is 11.1 Å². The van der Waals surface area contributed by atoms with Crippen LogP contribution < -0.4 is 29.7 Å². The van der Waals surface area contributed by atoms with E-state index in [1.54, 1.807) is 33.5 Å². The molecule has 8 heteroatoms. The number of benzene rings is 1. The zero-order valence-electron chi connectivity index (χ0n) is 19.4. The number of carbonyl (C=O) groups excluding carboxylic acids is 1. The van der Waals surface area contributed by atoms with Crippen LogP contribution in [0.3, 0.4) is 0 Å². The Hall–Kier alpha value is -3.26. The van der Waals surface area contributed by atoms with Crippen molar-refractivity contribution in [2.24, 2.45) is 0 Å². The van der Waals surface area contributed by atoms with Gasteiger partial charge in [-0.25, -0.2) is 0 Å². The molecule has 2 aromatic rings. The topological polar surface area (TPSA) is 92.3 Å². The van der Waals surface area contributed by atoms with Crippen LogP contribution >= 0.6 is 0 Å². The van der Waals surface area contributed by atoms with Gasteiger partial charge in [0.25, 0.3) is 0 Å². The summed E-state index contributed by atoms with van der Waals surface area (Å²) in [6, 6.07) is 6.68. The van der Waals surface area contributed by atoms with E-state index in [1.165, 1.54) is 6.92 Å². The molecule has 0 saturated carbocycles. The predicted molar refractivity (Wildman–Crippen MR) is 123 cm³/mol. The lowest BCUT2D eigenvalue weighted by molar-refractivity contribution is -0.119. The summed E-state index contributed by atoms with van der Waals surface area (Å²) in [7, 11) is 4.71. The molecule has 33 heavy (non-hydrogen) atoms. The maximum Gasteiger partial charge on any atom is 0.220 e. The first-order valence-electron chi connectivity index (χ1n) is 11.0. The Morgan fingerprint density at radius 2 is 1.82 bits per heavy atom. The van der Waals surface area contributed by atoms with Crippen LogP contribution in [0.5, 0.6) is 23.0 Å². The van der Waals surface area contributed by atoms with Crippen LogP contribution in [0.1, 0.15) is 36.9 Å². The predicted octanol–water partition coefficient (Wildman–Crippen LogP) is 3.03. The van der Waals surface area contributed by atoms with Gasteiger partial charge in [0.05, 0.1) is 40.6 Å². The number of carbonyl (C=O) groups is 1. The van der Waals surface area contributed by atoms with Gasteiger partial charge in [0, 0.05) is 18.9 Å². The molecule has 2 unspecified atom stereocenters. The van der Waals surface area contributed by atoms with Gasteiger partial charge in [0.1, 0.15) is 6.10 Å². The van der Waals surface area contributed by atoms with Crippen LogP contribution in [0, 0.1) is 0 Å². The molecule has 2 atom stereocenters. The van der Waals surface area contributed by atoms with E-state index in [9.17, 15) is 9.59 Å². The lowest BCUT2D eigenvalue weighted by Crippen LogP contribution is -2.26. The maximum absolute atomic E-state index is 13.2. The first kappa shape index (κ1) is 22.9. The minimum Gasteiger partial charge on any atom is -0.493 e. The van der Waals surface area contributed by atoms with Gasteiger partial charge in [-0.1, -0.05) is 6.07 Å². The first-order valence-corrected chi connectivity index (χ1v) is 11.0. The van der Waals surface area contributed by atoms with Gasteiger partial charge >= 0.3 is 0 Å². The molecule has 1 aliphatic carbocycles. The molecule has 4 rings (SSSR count). The summed E-state index contributed by atoms with van der Waals surface area (Å²) in [4.78, 5) is 25.2. The molecule has 1 saturated heterocycles. The van der Waals surface area contributed by atoms with E-state index in [0.29, 0.717) is 48.9 Å². The molecule has 0 radical (unpaired) electrons. The Labute approximate surface area is 192 Å². The van der Waals surface area contributed by atoms with Crippen molar-refractivity contribution in [2.75, 3.05) is 34.5 Å². The Kier molecular flexibility index (Phi) is 6.74. The fraction of sp³-hybridized carbons (Fsp3) is 0.440. The molecule has 1 aliphatic heterocycles. The van der Waals surface area contributed by atoms with Crippen molar-refractivity contribution in [1.82, 2.24) is 5.32 Å². The fourth-order valence-corrected chi connectivity index (χ4v) is 4.58. The number of rotatable bonds is 6. The second-order valence-electron chi connectivity index (χ2n) is 8.15. The van der Waals surface area contributed by atoms with Gasteiger partial charge in [-0.2, -0.15) is 0 Å². The molecular formula is C25H29NO7. The Morgan fingerprint density at radius 3 is 2.45 bits per heavy atom. The second kappa shape index (κ2) is 9.70. The normalized spacial score (nSPS) is 19.0. The Bertz CT molecular complexity index is 1110. The largest absolute Gasteiger partial charge is 0.493 e. The molecule has 176 valence electrons. The molecule has 1 N–H and O–H groups in total. The van der Waals surface area contributed by atoms with Crippen molar-refractivity contribution in [1.29, 1.82) is 0 Å². The van der Waals surface area contributed by atoms with Crippen LogP contribution in [-0.4, -0.2) is 46.6 Å². The number of amides is 1. The van der Waals surface area contributed by atoms with E-state index in [0.717, 1.165) is 23.1 Å². The molecule has 0 bridgehead atoms. The van der Waals surface area contributed by atoms with Crippen LogP contribution in [0.4, 0.5) is 0 Å². The summed E-state index contributed by atoms with van der Waals surface area (Å²) < 4.78 is 28.3. The third kappa shape index (κ3) is 4.48. The van der Waals surface area contributed by atoms with Gasteiger partial charge in [-0.3, -0.25) is 9.59 Å². The average Bonchev–Trinajstić information content (AvgIpc) is 3.21. The van der Waals surface area contributed by atoms with E-state index >= 15 is 0 Å². The van der Waals surface area contributed by atoms with Crippen molar-refractivity contribution in [3.8, 4) is 34.1 Å². The lowest BCUT2D eigenvalue weighted by Gasteiger charge is -2.19. The van der Waals surface area contributed by atoms with Gasteiger partial charge in [0.2, 0.25) is 17.1 Å². The highest BCUT2D eigenvalue weighted by Gasteiger charge is 2.29. The van der Waals surface area contributed by atoms with E-state index in [4.69, 9.17) is 23.7 Å². The SMILES string of the molecule is COc1cc2c(c(OC)c1OC)-c1ccc(OC3CCOC3)c(=O)cc1C(NC(C)=O)CC2. The zero-order valence-corrected chi connectivity index (χ0v) is 19.4. The van der Waals surface area contributed by atoms with Gasteiger partial charge in [-0.05, 0) is 47.7 Å². The van der Waals surface area contributed by atoms with Crippen molar-refractivity contribution >= 4 is 5.91 Å². The molecule has 0 aromatic heterocycles. The van der Waals surface area contributed by atoms with E-state index in [2.05, 4.69) is 5.32 Å². The number of methoxy groups -OCH3 is 3. The minimum absolute atomic E-state index is 0.155. The Balaban J connectivity index is 1.96. The highest BCUT2D eigenvalue weighted by atomic mass is 16.5. The highest BCUT2D eigenvalue weighted by molar-refractivity contribution is 5.83. The number of fused-ring (bicyclic) bond motifs is 3. The lowest BCUT2D eigenvalue weighted by atomic mass is 9.95. The third-order valence-electron chi connectivity index (χ3n) is 6.06. The number of hydrogen-bond acceptors (Lipinski definition) is 7. The molecule has 1 fully saturated rings. The van der Waals surface area contributed by atoms with Crippen molar-refractivity contribution < 1.29 is 28.5 Å². The number of hydrogen-bond donors (Lipinski definition) is 1.